The minimum Gasteiger partial charge on any atom is -0.481 e. The fourth-order valence-corrected chi connectivity index (χ4v) is 2.97. The molecule has 0 saturated carbocycles. The topological polar surface area (TPSA) is 59.3 Å². The second kappa shape index (κ2) is 3.95. The molecule has 1 aliphatic carbocycles. The van der Waals surface area contributed by atoms with E-state index in [-0.39, 0.29) is 12.2 Å². The number of hydrogen-bond donors (Lipinski definition) is 1. The molecule has 1 heterocycles. The second-order valence-electron chi connectivity index (χ2n) is 5.27. The van der Waals surface area contributed by atoms with Crippen molar-refractivity contribution in [2.45, 2.75) is 19.8 Å². The highest BCUT2D eigenvalue weighted by Gasteiger charge is 2.33. The third-order valence-corrected chi connectivity index (χ3v) is 3.98. The Hall–Kier alpha value is -2.10. The number of nitrogens with zero attached hydrogens (tertiary/aromatic N) is 1. The van der Waals surface area contributed by atoms with Crippen molar-refractivity contribution >= 4 is 22.7 Å². The van der Waals surface area contributed by atoms with Gasteiger partial charge in [0.1, 0.15) is 0 Å². The van der Waals surface area contributed by atoms with Gasteiger partial charge in [-0.05, 0) is 19.1 Å². The van der Waals surface area contributed by atoms with Crippen LogP contribution in [-0.4, -0.2) is 21.4 Å². The quantitative estimate of drug-likeness (QED) is 0.852. The maximum Gasteiger partial charge on any atom is 0.307 e. The lowest BCUT2D eigenvalue weighted by Gasteiger charge is -2.19. The van der Waals surface area contributed by atoms with Crippen molar-refractivity contribution in [3.8, 4) is 0 Å². The van der Waals surface area contributed by atoms with Gasteiger partial charge in [-0.3, -0.25) is 9.59 Å². The highest BCUT2D eigenvalue weighted by atomic mass is 16.4. The predicted molar refractivity (Wildman–Crippen MR) is 71.4 cm³/mol. The molecule has 0 amide bonds. The molecule has 3 rings (SSSR count). The van der Waals surface area contributed by atoms with Gasteiger partial charge >= 0.3 is 5.97 Å². The predicted octanol–water partition coefficient (Wildman–Crippen LogP) is 2.32. The fourth-order valence-electron chi connectivity index (χ4n) is 2.97. The summed E-state index contributed by atoms with van der Waals surface area (Å²) in [5.74, 6) is -1.53. The number of benzene rings is 1. The van der Waals surface area contributed by atoms with Gasteiger partial charge in [0.05, 0.1) is 5.92 Å². The van der Waals surface area contributed by atoms with Gasteiger partial charge < -0.3 is 9.67 Å². The number of aryl methyl sites for hydroxylation is 2. The maximum absolute atomic E-state index is 12.3. The molecule has 1 atom stereocenters. The molecule has 19 heavy (non-hydrogen) atoms. The summed E-state index contributed by atoms with van der Waals surface area (Å²) in [6, 6.07) is 6.01. The van der Waals surface area contributed by atoms with E-state index >= 15 is 0 Å². The Kier molecular flexibility index (Phi) is 2.49. The third-order valence-electron chi connectivity index (χ3n) is 3.98. The van der Waals surface area contributed by atoms with E-state index in [1.807, 2.05) is 36.7 Å². The van der Waals surface area contributed by atoms with E-state index in [0.717, 1.165) is 27.7 Å². The van der Waals surface area contributed by atoms with Crippen LogP contribution in [0.1, 0.15) is 28.0 Å². The molecule has 1 aromatic carbocycles. The first-order valence-electron chi connectivity index (χ1n) is 6.33. The summed E-state index contributed by atoms with van der Waals surface area (Å²) in [6.45, 7) is 1.99. The highest BCUT2D eigenvalue weighted by molar-refractivity contribution is 6.11. The van der Waals surface area contributed by atoms with Crippen LogP contribution in [0, 0.1) is 12.8 Å². The second-order valence-corrected chi connectivity index (χ2v) is 5.27. The van der Waals surface area contributed by atoms with Crippen LogP contribution in [0.15, 0.2) is 18.2 Å². The molecule has 0 aliphatic heterocycles. The number of fused-ring (bicyclic) bond motifs is 3. The summed E-state index contributed by atoms with van der Waals surface area (Å²) in [6.07, 6.45) is 0.538. The zero-order chi connectivity index (χ0) is 13.7. The molecule has 4 nitrogen and oxygen atoms in total. The van der Waals surface area contributed by atoms with Crippen molar-refractivity contribution < 1.29 is 14.7 Å². The maximum atomic E-state index is 12.3. The van der Waals surface area contributed by atoms with Gasteiger partial charge in [-0.25, -0.2) is 0 Å². The Balaban J connectivity index is 2.28. The van der Waals surface area contributed by atoms with Crippen molar-refractivity contribution in [3.63, 3.8) is 0 Å². The molecule has 98 valence electrons. The first-order chi connectivity index (χ1) is 8.99. The van der Waals surface area contributed by atoms with Crippen molar-refractivity contribution in [3.05, 3.63) is 35.0 Å². The summed E-state index contributed by atoms with van der Waals surface area (Å²) >= 11 is 0. The lowest BCUT2D eigenvalue weighted by atomic mass is 9.86. The van der Waals surface area contributed by atoms with E-state index in [0.29, 0.717) is 6.42 Å². The average Bonchev–Trinajstić information content (AvgIpc) is 2.63. The summed E-state index contributed by atoms with van der Waals surface area (Å²) in [4.78, 5) is 23.4. The molecule has 4 heteroatoms. The molecule has 2 aromatic rings. The summed E-state index contributed by atoms with van der Waals surface area (Å²) < 4.78 is 1.96. The lowest BCUT2D eigenvalue weighted by molar-refractivity contribution is -0.141. The highest BCUT2D eigenvalue weighted by Crippen LogP contribution is 2.34. The number of rotatable bonds is 1. The largest absolute Gasteiger partial charge is 0.481 e. The van der Waals surface area contributed by atoms with Crippen molar-refractivity contribution in [2.24, 2.45) is 13.0 Å². The Morgan fingerprint density at radius 1 is 1.37 bits per heavy atom. The van der Waals surface area contributed by atoms with Gasteiger partial charge in [0.15, 0.2) is 5.78 Å². The summed E-state index contributed by atoms with van der Waals surface area (Å²) in [7, 11) is 1.90. The smallest absolute Gasteiger partial charge is 0.307 e. The minimum absolute atomic E-state index is 0.0511. The summed E-state index contributed by atoms with van der Waals surface area (Å²) in [5.41, 5.74) is 3.67. The van der Waals surface area contributed by atoms with Gasteiger partial charge in [-0.1, -0.05) is 11.6 Å². The van der Waals surface area contributed by atoms with Crippen LogP contribution in [0.25, 0.3) is 10.9 Å². The van der Waals surface area contributed by atoms with Crippen LogP contribution >= 0.6 is 0 Å². The normalized spacial score (nSPS) is 18.6. The van der Waals surface area contributed by atoms with E-state index in [2.05, 4.69) is 0 Å². The molecule has 0 saturated heterocycles. The number of carboxylic acids is 1. The molecular formula is C15H15NO3. The van der Waals surface area contributed by atoms with Crippen LogP contribution in [0.2, 0.25) is 0 Å². The van der Waals surface area contributed by atoms with Crippen molar-refractivity contribution in [1.82, 2.24) is 4.57 Å². The number of carbonyl (C=O) groups is 2. The number of carbonyl (C=O) groups excluding carboxylic acids is 1. The average molecular weight is 257 g/mol. The van der Waals surface area contributed by atoms with Gasteiger partial charge in [0.2, 0.25) is 0 Å². The molecule has 0 radical (unpaired) electrons. The van der Waals surface area contributed by atoms with Gasteiger partial charge in [-0.15, -0.1) is 0 Å². The third kappa shape index (κ3) is 1.67. The van der Waals surface area contributed by atoms with Crippen LogP contribution < -0.4 is 0 Å². The van der Waals surface area contributed by atoms with E-state index in [4.69, 9.17) is 5.11 Å². The number of ketones is 1. The van der Waals surface area contributed by atoms with Crippen LogP contribution in [0.5, 0.6) is 0 Å². The Bertz CT molecular complexity index is 712. The zero-order valence-corrected chi connectivity index (χ0v) is 10.9. The molecular weight excluding hydrogens is 242 g/mol. The Morgan fingerprint density at radius 3 is 2.79 bits per heavy atom. The van der Waals surface area contributed by atoms with Gasteiger partial charge in [-0.2, -0.15) is 0 Å². The van der Waals surface area contributed by atoms with E-state index in [9.17, 15) is 9.59 Å². The van der Waals surface area contributed by atoms with Crippen LogP contribution in [-0.2, 0) is 18.3 Å². The van der Waals surface area contributed by atoms with Gasteiger partial charge in [0, 0.05) is 42.0 Å². The van der Waals surface area contributed by atoms with E-state index < -0.39 is 11.9 Å². The number of Topliss-reactive ketones (excluding diaryl/α,β-unsaturated/α-hetero) is 1. The van der Waals surface area contributed by atoms with Crippen LogP contribution in [0.3, 0.4) is 0 Å². The van der Waals surface area contributed by atoms with Crippen LogP contribution in [0.4, 0.5) is 0 Å². The Labute approximate surface area is 110 Å². The SMILES string of the molecule is Cc1ccc2c(c1)c1c(n2C)CC(C(=O)O)CC1=O. The number of aromatic nitrogens is 1. The Morgan fingerprint density at radius 2 is 2.11 bits per heavy atom. The summed E-state index contributed by atoms with van der Waals surface area (Å²) in [5, 5.41) is 10.1. The number of carboxylic acid groups (broad SMARTS) is 1. The first kappa shape index (κ1) is 12.0. The number of aliphatic carboxylic acids is 1. The zero-order valence-electron chi connectivity index (χ0n) is 10.9. The fraction of sp³-hybridized carbons (Fsp3) is 0.333. The lowest BCUT2D eigenvalue weighted by Crippen LogP contribution is -2.27. The molecule has 1 aromatic heterocycles. The minimum atomic E-state index is -0.888. The van der Waals surface area contributed by atoms with Gasteiger partial charge in [0.25, 0.3) is 0 Å². The van der Waals surface area contributed by atoms with E-state index in [1.54, 1.807) is 0 Å². The van der Waals surface area contributed by atoms with Crippen molar-refractivity contribution in [2.75, 3.05) is 0 Å². The molecule has 1 aliphatic rings. The van der Waals surface area contributed by atoms with Crippen molar-refractivity contribution in [1.29, 1.82) is 0 Å². The monoisotopic (exact) mass is 257 g/mol. The number of hydrogen-bond acceptors (Lipinski definition) is 2. The molecule has 0 fully saturated rings. The van der Waals surface area contributed by atoms with E-state index in [1.165, 1.54) is 0 Å². The first-order valence-corrected chi connectivity index (χ1v) is 6.33. The molecule has 0 spiro atoms. The molecule has 1 N–H and O–H groups in total. The molecule has 0 bridgehead atoms. The standard InChI is InChI=1S/C15H15NO3/c1-8-3-4-11-10(5-8)14-12(16(11)2)6-9(15(18)19)7-13(14)17/h3-5,9H,6-7H2,1-2H3,(H,18,19). The molecule has 1 unspecified atom stereocenters.